The third-order valence-electron chi connectivity index (χ3n) is 3.17. The number of rotatable bonds is 1. The maximum atomic E-state index is 10.6. The van der Waals surface area contributed by atoms with Crippen LogP contribution in [0.4, 0.5) is 0 Å². The molecule has 1 fully saturated rings. The molecule has 1 aliphatic heterocycles. The van der Waals surface area contributed by atoms with Crippen LogP contribution in [-0.2, 0) is 5.60 Å². The van der Waals surface area contributed by atoms with Crippen molar-refractivity contribution < 1.29 is 5.11 Å². The van der Waals surface area contributed by atoms with Crippen molar-refractivity contribution in [3.05, 3.63) is 42.2 Å². The average molecular weight is 231 g/mol. The topological polar surface area (TPSA) is 33.1 Å². The lowest BCUT2D eigenvalue weighted by Crippen LogP contribution is -2.25. The summed E-state index contributed by atoms with van der Waals surface area (Å²) in [5, 5.41) is 12.8. The maximum absolute atomic E-state index is 10.6. The summed E-state index contributed by atoms with van der Waals surface area (Å²) >= 11 is 1.81. The maximum Gasteiger partial charge on any atom is 0.101 e. The number of benzene rings is 1. The fraction of sp³-hybridized carbons (Fsp3) is 0.308. The molecule has 0 radical (unpaired) electrons. The third-order valence-corrected chi connectivity index (χ3v) is 4.34. The van der Waals surface area contributed by atoms with Crippen LogP contribution in [0.2, 0.25) is 0 Å². The van der Waals surface area contributed by atoms with Crippen LogP contribution >= 0.6 is 11.8 Å². The van der Waals surface area contributed by atoms with Crippen LogP contribution in [0.3, 0.4) is 0 Å². The van der Waals surface area contributed by atoms with Gasteiger partial charge in [-0.15, -0.1) is 0 Å². The van der Waals surface area contributed by atoms with Gasteiger partial charge in [0, 0.05) is 29.1 Å². The molecule has 0 aliphatic carbocycles. The van der Waals surface area contributed by atoms with Crippen molar-refractivity contribution in [2.45, 2.75) is 12.0 Å². The molecule has 2 aromatic rings. The molecule has 0 spiro atoms. The van der Waals surface area contributed by atoms with E-state index in [0.29, 0.717) is 0 Å². The van der Waals surface area contributed by atoms with Crippen LogP contribution in [0, 0.1) is 0 Å². The first-order chi connectivity index (χ1) is 7.80. The molecule has 0 amide bonds. The van der Waals surface area contributed by atoms with Gasteiger partial charge in [0.2, 0.25) is 0 Å². The first-order valence-electron chi connectivity index (χ1n) is 5.43. The number of thioether (sulfide) groups is 1. The van der Waals surface area contributed by atoms with Crippen molar-refractivity contribution in [3.8, 4) is 0 Å². The Hall–Kier alpha value is -1.06. The van der Waals surface area contributed by atoms with Crippen LogP contribution in [0.25, 0.3) is 10.8 Å². The van der Waals surface area contributed by atoms with Gasteiger partial charge in [0.1, 0.15) is 5.60 Å². The minimum absolute atomic E-state index is 0.682. The zero-order valence-electron chi connectivity index (χ0n) is 8.89. The number of aliphatic hydroxyl groups is 1. The Morgan fingerprint density at radius 1 is 1.25 bits per heavy atom. The highest BCUT2D eigenvalue weighted by atomic mass is 32.2. The second-order valence-corrected chi connectivity index (χ2v) is 5.35. The summed E-state index contributed by atoms with van der Waals surface area (Å²) in [4.78, 5) is 4.23. The Kier molecular flexibility index (Phi) is 2.37. The predicted molar refractivity (Wildman–Crippen MR) is 67.6 cm³/mol. The molecular weight excluding hydrogens is 218 g/mol. The van der Waals surface area contributed by atoms with E-state index in [2.05, 4.69) is 11.1 Å². The number of hydrogen-bond acceptors (Lipinski definition) is 3. The van der Waals surface area contributed by atoms with E-state index in [0.717, 1.165) is 34.3 Å². The largest absolute Gasteiger partial charge is 0.384 e. The quantitative estimate of drug-likeness (QED) is 0.818. The smallest absolute Gasteiger partial charge is 0.101 e. The fourth-order valence-corrected chi connectivity index (χ4v) is 3.52. The zero-order chi connectivity index (χ0) is 11.0. The summed E-state index contributed by atoms with van der Waals surface area (Å²) in [6, 6.07) is 8.11. The summed E-state index contributed by atoms with van der Waals surface area (Å²) in [6.07, 6.45) is 4.49. The van der Waals surface area contributed by atoms with Crippen molar-refractivity contribution in [1.82, 2.24) is 4.98 Å². The zero-order valence-corrected chi connectivity index (χ0v) is 9.70. The Balaban J connectivity index is 2.23. The van der Waals surface area contributed by atoms with E-state index in [1.165, 1.54) is 0 Å². The number of aromatic nitrogens is 1. The van der Waals surface area contributed by atoms with E-state index < -0.39 is 5.60 Å². The number of fused-ring (bicyclic) bond motifs is 1. The van der Waals surface area contributed by atoms with Gasteiger partial charge in [-0.2, -0.15) is 11.8 Å². The summed E-state index contributed by atoms with van der Waals surface area (Å²) in [7, 11) is 0. The third kappa shape index (κ3) is 1.51. The average Bonchev–Trinajstić information content (AvgIpc) is 2.77. The van der Waals surface area contributed by atoms with Gasteiger partial charge in [0.05, 0.1) is 0 Å². The second kappa shape index (κ2) is 3.75. The lowest BCUT2D eigenvalue weighted by Gasteiger charge is -2.23. The van der Waals surface area contributed by atoms with Crippen molar-refractivity contribution in [2.24, 2.45) is 0 Å². The van der Waals surface area contributed by atoms with E-state index >= 15 is 0 Å². The van der Waals surface area contributed by atoms with Crippen LogP contribution in [0.15, 0.2) is 36.7 Å². The van der Waals surface area contributed by atoms with E-state index in [9.17, 15) is 5.11 Å². The first kappa shape index (κ1) is 10.1. The standard InChI is InChI=1S/C13H13NOS/c15-13(5-6-16-9-13)12-8-14-7-10-3-1-2-4-11(10)12/h1-4,7-8,15H,5-6,9H2. The Labute approximate surface area is 98.7 Å². The molecule has 16 heavy (non-hydrogen) atoms. The lowest BCUT2D eigenvalue weighted by molar-refractivity contribution is 0.0670. The Bertz CT molecular complexity index is 515. The number of hydrogen-bond donors (Lipinski definition) is 1. The highest BCUT2D eigenvalue weighted by molar-refractivity contribution is 7.99. The molecule has 1 aliphatic rings. The molecule has 1 aromatic heterocycles. The van der Waals surface area contributed by atoms with Gasteiger partial charge in [0.25, 0.3) is 0 Å². The monoisotopic (exact) mass is 231 g/mol. The van der Waals surface area contributed by atoms with Gasteiger partial charge >= 0.3 is 0 Å². The van der Waals surface area contributed by atoms with E-state index in [1.54, 1.807) is 11.8 Å². The van der Waals surface area contributed by atoms with Gasteiger partial charge in [0.15, 0.2) is 0 Å². The van der Waals surface area contributed by atoms with Crippen molar-refractivity contribution in [2.75, 3.05) is 11.5 Å². The van der Waals surface area contributed by atoms with Gasteiger partial charge in [-0.3, -0.25) is 4.98 Å². The molecular formula is C13H13NOS. The molecule has 0 bridgehead atoms. The lowest BCUT2D eigenvalue weighted by atomic mass is 9.91. The van der Waals surface area contributed by atoms with Crippen molar-refractivity contribution in [3.63, 3.8) is 0 Å². The highest BCUT2D eigenvalue weighted by Gasteiger charge is 2.35. The summed E-state index contributed by atoms with van der Waals surface area (Å²) in [6.45, 7) is 0. The van der Waals surface area contributed by atoms with Crippen LogP contribution < -0.4 is 0 Å². The summed E-state index contributed by atoms with van der Waals surface area (Å²) in [5.74, 6) is 1.81. The van der Waals surface area contributed by atoms with E-state index in [4.69, 9.17) is 0 Å². The molecule has 82 valence electrons. The number of nitrogens with zero attached hydrogens (tertiary/aromatic N) is 1. The minimum atomic E-state index is -0.682. The molecule has 3 rings (SSSR count). The number of pyridine rings is 1. The second-order valence-electron chi connectivity index (χ2n) is 4.24. The van der Waals surface area contributed by atoms with Crippen LogP contribution in [-0.4, -0.2) is 21.6 Å². The van der Waals surface area contributed by atoms with Crippen molar-refractivity contribution >= 4 is 22.5 Å². The molecule has 2 nitrogen and oxygen atoms in total. The summed E-state index contributed by atoms with van der Waals surface area (Å²) < 4.78 is 0. The molecule has 1 unspecified atom stereocenters. The van der Waals surface area contributed by atoms with Crippen LogP contribution in [0.5, 0.6) is 0 Å². The molecule has 1 saturated heterocycles. The highest BCUT2D eigenvalue weighted by Crippen LogP contribution is 2.39. The SMILES string of the molecule is OC1(c2cncc3ccccc23)CCSC1. The first-order valence-corrected chi connectivity index (χ1v) is 6.58. The van der Waals surface area contributed by atoms with Gasteiger partial charge in [-0.05, 0) is 17.6 Å². The molecule has 1 N–H and O–H groups in total. The normalized spacial score (nSPS) is 25.1. The summed E-state index contributed by atoms with van der Waals surface area (Å²) in [5.41, 5.74) is 0.300. The molecule has 3 heteroatoms. The molecule has 1 atom stereocenters. The molecule has 0 saturated carbocycles. The predicted octanol–water partition coefficient (Wildman–Crippen LogP) is 2.56. The molecule has 1 aromatic carbocycles. The van der Waals surface area contributed by atoms with Crippen LogP contribution in [0.1, 0.15) is 12.0 Å². The van der Waals surface area contributed by atoms with Crippen molar-refractivity contribution in [1.29, 1.82) is 0 Å². The van der Waals surface area contributed by atoms with Gasteiger partial charge < -0.3 is 5.11 Å². The Morgan fingerprint density at radius 2 is 2.12 bits per heavy atom. The Morgan fingerprint density at radius 3 is 2.94 bits per heavy atom. The van der Waals surface area contributed by atoms with E-state index in [1.807, 2.05) is 30.6 Å². The minimum Gasteiger partial charge on any atom is -0.384 e. The van der Waals surface area contributed by atoms with Gasteiger partial charge in [-0.25, -0.2) is 0 Å². The van der Waals surface area contributed by atoms with Gasteiger partial charge in [-0.1, -0.05) is 24.3 Å². The fourth-order valence-electron chi connectivity index (χ4n) is 2.25. The van der Waals surface area contributed by atoms with E-state index in [-0.39, 0.29) is 0 Å². The molecule has 2 heterocycles.